The molecule has 0 amide bonds. The van der Waals surface area contributed by atoms with Crippen LogP contribution in [-0.2, 0) is 13.0 Å². The first-order chi connectivity index (χ1) is 14.3. The third kappa shape index (κ3) is 5.17. The number of hydrogen-bond acceptors (Lipinski definition) is 4. The molecule has 4 aromatic rings. The monoisotopic (exact) mass is 385 g/mol. The van der Waals surface area contributed by atoms with Crippen LogP contribution in [0.1, 0.15) is 11.3 Å². The zero-order chi connectivity index (χ0) is 19.9. The second-order valence-electron chi connectivity index (χ2n) is 6.75. The van der Waals surface area contributed by atoms with Crippen LogP contribution in [0.5, 0.6) is 11.5 Å². The fourth-order valence-electron chi connectivity index (χ4n) is 3.00. The summed E-state index contributed by atoms with van der Waals surface area (Å²) in [4.78, 5) is 0. The average Bonchev–Trinajstić information content (AvgIpc) is 3.23. The molecule has 0 fully saturated rings. The van der Waals surface area contributed by atoms with Crippen LogP contribution >= 0.6 is 0 Å². The number of nitrogen functional groups attached to an aromatic ring is 1. The average molecular weight is 385 g/mol. The van der Waals surface area contributed by atoms with E-state index in [9.17, 15) is 0 Å². The van der Waals surface area contributed by atoms with Gasteiger partial charge in [-0.3, -0.25) is 5.10 Å². The number of anilines is 1. The Morgan fingerprint density at radius 2 is 1.62 bits per heavy atom. The van der Waals surface area contributed by atoms with Gasteiger partial charge < -0.3 is 15.2 Å². The van der Waals surface area contributed by atoms with E-state index in [2.05, 4.69) is 22.3 Å². The van der Waals surface area contributed by atoms with Crippen LogP contribution in [0.3, 0.4) is 0 Å². The molecular weight excluding hydrogens is 362 g/mol. The highest BCUT2D eigenvalue weighted by atomic mass is 16.5. The normalized spacial score (nSPS) is 10.6. The molecule has 5 nitrogen and oxygen atoms in total. The molecule has 0 atom stereocenters. The molecule has 3 aromatic carbocycles. The third-order valence-corrected chi connectivity index (χ3v) is 4.54. The summed E-state index contributed by atoms with van der Waals surface area (Å²) >= 11 is 0. The summed E-state index contributed by atoms with van der Waals surface area (Å²) in [5.74, 6) is 1.59. The minimum absolute atomic E-state index is 0.400. The molecule has 146 valence electrons. The molecule has 1 heterocycles. The fourth-order valence-corrected chi connectivity index (χ4v) is 3.00. The minimum atomic E-state index is 0.400. The van der Waals surface area contributed by atoms with E-state index in [-0.39, 0.29) is 0 Å². The van der Waals surface area contributed by atoms with Gasteiger partial charge in [0.05, 0.1) is 18.0 Å². The predicted octanol–water partition coefficient (Wildman–Crippen LogP) is 4.86. The Bertz CT molecular complexity index is 1040. The number of aromatic nitrogens is 2. The minimum Gasteiger partial charge on any atom is -0.493 e. The Balaban J connectivity index is 1.31. The molecule has 0 bridgehead atoms. The predicted molar refractivity (Wildman–Crippen MR) is 115 cm³/mol. The number of rotatable bonds is 8. The maximum Gasteiger partial charge on any atom is 0.130 e. The van der Waals surface area contributed by atoms with E-state index in [0.717, 1.165) is 34.9 Å². The van der Waals surface area contributed by atoms with Gasteiger partial charge in [-0.15, -0.1) is 0 Å². The first-order valence-corrected chi connectivity index (χ1v) is 9.56. The molecule has 5 heteroatoms. The third-order valence-electron chi connectivity index (χ3n) is 4.54. The van der Waals surface area contributed by atoms with Crippen molar-refractivity contribution in [3.8, 4) is 22.8 Å². The van der Waals surface area contributed by atoms with E-state index in [4.69, 9.17) is 15.2 Å². The van der Waals surface area contributed by atoms with Crippen molar-refractivity contribution in [3.63, 3.8) is 0 Å². The maximum atomic E-state index is 5.84. The van der Waals surface area contributed by atoms with Gasteiger partial charge in [-0.25, -0.2) is 0 Å². The summed E-state index contributed by atoms with van der Waals surface area (Å²) in [6, 6.07) is 27.6. The molecule has 3 N–H and O–H groups in total. The van der Waals surface area contributed by atoms with Gasteiger partial charge in [0.1, 0.15) is 18.1 Å². The lowest BCUT2D eigenvalue weighted by Gasteiger charge is -2.07. The van der Waals surface area contributed by atoms with Crippen molar-refractivity contribution in [3.05, 3.63) is 96.2 Å². The number of hydrogen-bond donors (Lipinski definition) is 2. The summed E-state index contributed by atoms with van der Waals surface area (Å²) in [6.07, 6.45) is 0.887. The van der Waals surface area contributed by atoms with Crippen molar-refractivity contribution >= 4 is 5.69 Å². The Hall–Kier alpha value is -3.73. The smallest absolute Gasteiger partial charge is 0.130 e. The van der Waals surface area contributed by atoms with Gasteiger partial charge in [0.2, 0.25) is 0 Å². The first-order valence-electron chi connectivity index (χ1n) is 9.56. The Morgan fingerprint density at radius 3 is 2.41 bits per heavy atom. The number of aromatic amines is 1. The topological polar surface area (TPSA) is 73.2 Å². The zero-order valence-electron chi connectivity index (χ0n) is 16.0. The summed E-state index contributed by atoms with van der Waals surface area (Å²) in [7, 11) is 0. The standard InChI is InChI=1S/C24H23N3O2/c25-20-7-4-8-23(15-20)29-17-21-16-24(27-26-21)19-9-11-22(12-10-19)28-14-13-18-5-2-1-3-6-18/h1-12,15-16H,13-14,17,25H2,(H,26,27). The Labute approximate surface area is 170 Å². The molecule has 0 aliphatic heterocycles. The number of ether oxygens (including phenoxy) is 2. The van der Waals surface area contributed by atoms with Gasteiger partial charge in [-0.2, -0.15) is 5.10 Å². The highest BCUT2D eigenvalue weighted by Gasteiger charge is 2.06. The number of nitrogens with one attached hydrogen (secondary N) is 1. The van der Waals surface area contributed by atoms with Crippen LogP contribution < -0.4 is 15.2 Å². The van der Waals surface area contributed by atoms with E-state index in [1.165, 1.54) is 5.56 Å². The SMILES string of the molecule is Nc1cccc(OCc2cc(-c3ccc(OCCc4ccccc4)cc3)n[nH]2)c1. The number of nitrogens with two attached hydrogens (primary N) is 1. The summed E-state index contributed by atoms with van der Waals surface area (Å²) < 4.78 is 11.6. The maximum absolute atomic E-state index is 5.84. The van der Waals surface area contributed by atoms with Gasteiger partial charge in [0, 0.05) is 23.7 Å². The van der Waals surface area contributed by atoms with Crippen molar-refractivity contribution in [2.24, 2.45) is 0 Å². The molecule has 0 saturated carbocycles. The quantitative estimate of drug-likeness (QED) is 0.425. The van der Waals surface area contributed by atoms with Crippen LogP contribution in [-0.4, -0.2) is 16.8 Å². The van der Waals surface area contributed by atoms with Crippen molar-refractivity contribution in [1.29, 1.82) is 0 Å². The van der Waals surface area contributed by atoms with Crippen LogP contribution in [0, 0.1) is 0 Å². The number of nitrogens with zero attached hydrogens (tertiary/aromatic N) is 1. The molecule has 29 heavy (non-hydrogen) atoms. The van der Waals surface area contributed by atoms with Crippen molar-refractivity contribution in [1.82, 2.24) is 10.2 Å². The molecule has 0 aliphatic rings. The van der Waals surface area contributed by atoms with E-state index in [1.807, 2.05) is 66.7 Å². The van der Waals surface area contributed by atoms with E-state index < -0.39 is 0 Å². The van der Waals surface area contributed by atoms with Crippen LogP contribution in [0.25, 0.3) is 11.3 Å². The fraction of sp³-hybridized carbons (Fsp3) is 0.125. The second kappa shape index (κ2) is 8.97. The first kappa shape index (κ1) is 18.6. The summed E-state index contributed by atoms with van der Waals surface area (Å²) in [5.41, 5.74) is 10.5. The molecule has 0 unspecified atom stereocenters. The number of H-pyrrole nitrogens is 1. The molecule has 4 rings (SSSR count). The van der Waals surface area contributed by atoms with Gasteiger partial charge in [0.15, 0.2) is 0 Å². The van der Waals surface area contributed by atoms with Gasteiger partial charge in [-0.1, -0.05) is 36.4 Å². The molecule has 0 radical (unpaired) electrons. The van der Waals surface area contributed by atoms with Gasteiger partial charge in [-0.05, 0) is 48.0 Å². The summed E-state index contributed by atoms with van der Waals surface area (Å²) in [5, 5.41) is 7.40. The zero-order valence-corrected chi connectivity index (χ0v) is 16.0. The second-order valence-corrected chi connectivity index (χ2v) is 6.75. The highest BCUT2D eigenvalue weighted by molar-refractivity contribution is 5.60. The lowest BCUT2D eigenvalue weighted by Crippen LogP contribution is -2.00. The lowest BCUT2D eigenvalue weighted by molar-refractivity contribution is 0.301. The largest absolute Gasteiger partial charge is 0.493 e. The molecule has 1 aromatic heterocycles. The van der Waals surface area contributed by atoms with Crippen molar-refractivity contribution in [2.75, 3.05) is 12.3 Å². The van der Waals surface area contributed by atoms with Crippen molar-refractivity contribution in [2.45, 2.75) is 13.0 Å². The van der Waals surface area contributed by atoms with Crippen molar-refractivity contribution < 1.29 is 9.47 Å². The Morgan fingerprint density at radius 1 is 0.793 bits per heavy atom. The van der Waals surface area contributed by atoms with E-state index in [0.29, 0.717) is 18.9 Å². The molecule has 0 saturated heterocycles. The molecule has 0 aliphatic carbocycles. The molecule has 0 spiro atoms. The van der Waals surface area contributed by atoms with Crippen LogP contribution in [0.15, 0.2) is 84.9 Å². The lowest BCUT2D eigenvalue weighted by atomic mass is 10.1. The number of benzene rings is 3. The van der Waals surface area contributed by atoms with Gasteiger partial charge in [0.25, 0.3) is 0 Å². The van der Waals surface area contributed by atoms with Gasteiger partial charge >= 0.3 is 0 Å². The van der Waals surface area contributed by atoms with E-state index >= 15 is 0 Å². The van der Waals surface area contributed by atoms with Crippen LogP contribution in [0.2, 0.25) is 0 Å². The Kier molecular flexibility index (Phi) is 5.76. The summed E-state index contributed by atoms with van der Waals surface area (Å²) in [6.45, 7) is 1.05. The molecular formula is C24H23N3O2. The van der Waals surface area contributed by atoms with Crippen LogP contribution in [0.4, 0.5) is 5.69 Å². The highest BCUT2D eigenvalue weighted by Crippen LogP contribution is 2.22. The van der Waals surface area contributed by atoms with E-state index in [1.54, 1.807) is 6.07 Å².